The lowest BCUT2D eigenvalue weighted by atomic mass is 10.5. The van der Waals surface area contributed by atoms with Crippen molar-refractivity contribution >= 4 is 5.97 Å². The summed E-state index contributed by atoms with van der Waals surface area (Å²) in [5.41, 5.74) is 0. The van der Waals surface area contributed by atoms with Gasteiger partial charge < -0.3 is 4.74 Å². The van der Waals surface area contributed by atoms with E-state index >= 15 is 0 Å². The van der Waals surface area contributed by atoms with E-state index < -0.39 is 12.6 Å². The molecule has 0 aromatic carbocycles. The molecule has 0 aromatic rings. The first-order valence-corrected chi connectivity index (χ1v) is 2.66. The molecule has 0 saturated carbocycles. The fourth-order valence-corrected chi connectivity index (χ4v) is 0.307. The monoisotopic (exact) mass is 129 g/mol. The molecule has 0 aliphatic carbocycles. The summed E-state index contributed by atoms with van der Waals surface area (Å²) in [6, 6.07) is 0. The molecule has 0 bridgehead atoms. The van der Waals surface area contributed by atoms with E-state index in [0.29, 0.717) is 0 Å². The minimum atomic E-state index is -0.454. The number of hydrogen-bond donors (Lipinski definition) is 0. The molecule has 0 unspecified atom stereocenters. The second-order valence-electron chi connectivity index (χ2n) is 1.43. The maximum absolute atomic E-state index is 10.3. The maximum Gasteiger partial charge on any atom is 0.308 e. The van der Waals surface area contributed by atoms with Crippen LogP contribution in [0.25, 0.3) is 0 Å². The normalized spacial score (nSPS) is 8.56. The smallest absolute Gasteiger partial charge is 0.308 e. The number of hydrogen-bond acceptors (Lipinski definition) is 2. The van der Waals surface area contributed by atoms with Crippen LogP contribution in [0.5, 0.6) is 0 Å². The molecule has 0 aromatic heterocycles. The van der Waals surface area contributed by atoms with E-state index in [1.165, 1.54) is 6.08 Å². The van der Waals surface area contributed by atoms with Crippen LogP contribution < -0.4 is 0 Å². The Morgan fingerprint density at radius 1 is 1.67 bits per heavy atom. The Morgan fingerprint density at radius 3 is 2.78 bits per heavy atom. The Hall–Kier alpha value is -0.830. The molecule has 0 N–H and O–H groups in total. The predicted molar refractivity (Wildman–Crippen MR) is 31.3 cm³/mol. The van der Waals surface area contributed by atoms with Crippen molar-refractivity contribution in [1.82, 2.24) is 0 Å². The number of esters is 1. The molecule has 0 aliphatic rings. The molecular weight excluding hydrogens is 120 g/mol. The van der Waals surface area contributed by atoms with Crippen LogP contribution in [0.2, 0.25) is 0 Å². The largest absolute Gasteiger partial charge is 0.461 e. The van der Waals surface area contributed by atoms with Gasteiger partial charge in [0.25, 0.3) is 0 Å². The van der Waals surface area contributed by atoms with Crippen molar-refractivity contribution in [3.05, 3.63) is 12.7 Å². The van der Waals surface area contributed by atoms with Crippen molar-refractivity contribution in [2.45, 2.75) is 6.42 Å². The van der Waals surface area contributed by atoms with E-state index in [1.807, 2.05) is 0 Å². The highest BCUT2D eigenvalue weighted by Crippen LogP contribution is 1.83. The first-order valence-electron chi connectivity index (χ1n) is 2.66. The summed E-state index contributed by atoms with van der Waals surface area (Å²) >= 11 is 0. The molecule has 0 saturated heterocycles. The van der Waals surface area contributed by atoms with E-state index in [9.17, 15) is 9.90 Å². The average Bonchev–Trinajstić information content (AvgIpc) is 1.85. The summed E-state index contributed by atoms with van der Waals surface area (Å²) < 4.78 is 4.47. The molecule has 0 aliphatic heterocycles. The Bertz CT molecular complexity index is 98.5. The molecule has 0 fully saturated rings. The average molecular weight is 129 g/mol. The molecule has 0 heterocycles. The summed E-state index contributed by atoms with van der Waals surface area (Å²) in [6.07, 6.45) is 1.41. The van der Waals surface area contributed by atoms with E-state index in [1.54, 1.807) is 0 Å². The van der Waals surface area contributed by atoms with Crippen molar-refractivity contribution in [1.29, 1.82) is 0 Å². The lowest BCUT2D eigenvalue weighted by Gasteiger charge is -1.96. The minimum Gasteiger partial charge on any atom is -0.461 e. The Balaban J connectivity index is 3.16. The van der Waals surface area contributed by atoms with Crippen LogP contribution in [0.1, 0.15) is 6.42 Å². The highest BCUT2D eigenvalue weighted by atomic mass is 16.5. The van der Waals surface area contributed by atoms with E-state index in [2.05, 4.69) is 11.3 Å². The van der Waals surface area contributed by atoms with Crippen LogP contribution in [-0.4, -0.2) is 19.2 Å². The van der Waals surface area contributed by atoms with Crippen molar-refractivity contribution in [3.63, 3.8) is 0 Å². The van der Waals surface area contributed by atoms with Crippen LogP contribution in [0.4, 0.5) is 0 Å². The molecule has 0 spiro atoms. The van der Waals surface area contributed by atoms with Crippen LogP contribution in [-0.2, 0) is 14.6 Å². The highest BCUT2D eigenvalue weighted by molar-refractivity contribution is 5.69. The second-order valence-corrected chi connectivity index (χ2v) is 1.43. The third-order valence-corrected chi connectivity index (χ3v) is 0.668. The number of carbonyl (C=O) groups is 1. The first kappa shape index (κ1) is 8.17. The molecular formula is C6H9O3. The van der Waals surface area contributed by atoms with Gasteiger partial charge in [0, 0.05) is 0 Å². The predicted octanol–water partition coefficient (Wildman–Crippen LogP) is 0.536. The standard InChI is InChI=1S/C6H9O3/c1-2-5-9-6(8)3-4-7/h2H,1,3-5H2. The molecule has 0 rings (SSSR count). The first-order chi connectivity index (χ1) is 4.31. The SMILES string of the molecule is C=CCOC(=O)CC[O]. The fourth-order valence-electron chi connectivity index (χ4n) is 0.307. The zero-order valence-corrected chi connectivity index (χ0v) is 5.13. The van der Waals surface area contributed by atoms with Gasteiger partial charge in [-0.25, -0.2) is 5.11 Å². The van der Waals surface area contributed by atoms with Gasteiger partial charge in [-0.05, 0) is 0 Å². The van der Waals surface area contributed by atoms with Gasteiger partial charge in [0.1, 0.15) is 6.61 Å². The molecule has 51 valence electrons. The third kappa shape index (κ3) is 5.03. The Kier molecular flexibility index (Phi) is 4.82. The zero-order valence-electron chi connectivity index (χ0n) is 5.13. The Morgan fingerprint density at radius 2 is 2.33 bits per heavy atom. The van der Waals surface area contributed by atoms with Gasteiger partial charge in [0.2, 0.25) is 0 Å². The molecule has 0 atom stereocenters. The van der Waals surface area contributed by atoms with Gasteiger partial charge in [-0.2, -0.15) is 0 Å². The fraction of sp³-hybridized carbons (Fsp3) is 0.500. The van der Waals surface area contributed by atoms with E-state index in [4.69, 9.17) is 0 Å². The molecule has 1 radical (unpaired) electrons. The molecule has 9 heavy (non-hydrogen) atoms. The summed E-state index contributed by atoms with van der Waals surface area (Å²) in [7, 11) is 0. The lowest BCUT2D eigenvalue weighted by molar-refractivity contribution is -0.143. The maximum atomic E-state index is 10.3. The number of rotatable bonds is 4. The van der Waals surface area contributed by atoms with Gasteiger partial charge >= 0.3 is 5.97 Å². The van der Waals surface area contributed by atoms with Crippen LogP contribution >= 0.6 is 0 Å². The quantitative estimate of drug-likeness (QED) is 0.410. The number of ether oxygens (including phenoxy) is 1. The second kappa shape index (κ2) is 5.31. The minimum absolute atomic E-state index is 0.0478. The van der Waals surface area contributed by atoms with E-state index in [-0.39, 0.29) is 13.0 Å². The van der Waals surface area contributed by atoms with Gasteiger partial charge in [0.15, 0.2) is 0 Å². The van der Waals surface area contributed by atoms with Crippen LogP contribution in [0.15, 0.2) is 12.7 Å². The van der Waals surface area contributed by atoms with Crippen molar-refractivity contribution in [2.24, 2.45) is 0 Å². The van der Waals surface area contributed by atoms with Gasteiger partial charge in [-0.1, -0.05) is 12.7 Å². The van der Waals surface area contributed by atoms with Crippen molar-refractivity contribution in [2.75, 3.05) is 13.2 Å². The lowest BCUT2D eigenvalue weighted by Crippen LogP contribution is -2.05. The Labute approximate surface area is 53.9 Å². The summed E-state index contributed by atoms with van der Waals surface area (Å²) in [4.78, 5) is 10.3. The molecule has 3 nitrogen and oxygen atoms in total. The molecule has 0 amide bonds. The van der Waals surface area contributed by atoms with Crippen molar-refractivity contribution in [3.8, 4) is 0 Å². The summed E-state index contributed by atoms with van der Waals surface area (Å²) in [5.74, 6) is -0.454. The van der Waals surface area contributed by atoms with Crippen LogP contribution in [0.3, 0.4) is 0 Å². The number of carbonyl (C=O) groups excluding carboxylic acids is 1. The van der Waals surface area contributed by atoms with Gasteiger partial charge in [-0.3, -0.25) is 4.79 Å². The zero-order chi connectivity index (χ0) is 7.11. The van der Waals surface area contributed by atoms with Gasteiger partial charge in [0.05, 0.1) is 13.0 Å². The van der Waals surface area contributed by atoms with Crippen LogP contribution in [0, 0.1) is 0 Å². The van der Waals surface area contributed by atoms with E-state index in [0.717, 1.165) is 0 Å². The van der Waals surface area contributed by atoms with Crippen molar-refractivity contribution < 1.29 is 14.6 Å². The van der Waals surface area contributed by atoms with Gasteiger partial charge in [-0.15, -0.1) is 0 Å². The highest BCUT2D eigenvalue weighted by Gasteiger charge is 1.97. The summed E-state index contributed by atoms with van der Waals surface area (Å²) in [5, 5.41) is 9.78. The third-order valence-electron chi connectivity index (χ3n) is 0.668. The molecule has 3 heteroatoms. The summed E-state index contributed by atoms with van der Waals surface area (Å²) in [6.45, 7) is 3.12. The topological polar surface area (TPSA) is 46.2 Å².